The van der Waals surface area contributed by atoms with Crippen molar-refractivity contribution in [3.05, 3.63) is 69.3 Å². The van der Waals surface area contributed by atoms with Gasteiger partial charge in [-0.1, -0.05) is 41.4 Å². The van der Waals surface area contributed by atoms with Gasteiger partial charge in [-0.05, 0) is 55.5 Å². The van der Waals surface area contributed by atoms with Crippen LogP contribution in [0, 0.1) is 0 Å². The maximum atomic E-state index is 12.8. The molecule has 2 aromatic carbocycles. The topological polar surface area (TPSA) is 42.0 Å². The average molecular weight is 371 g/mol. The van der Waals surface area contributed by atoms with Crippen LogP contribution in [0.15, 0.2) is 42.5 Å². The first-order chi connectivity index (χ1) is 12.1. The van der Waals surface area contributed by atoms with Gasteiger partial charge in [0.15, 0.2) is 0 Å². The highest BCUT2D eigenvalue weighted by molar-refractivity contribution is 6.36. The predicted octanol–water partition coefficient (Wildman–Crippen LogP) is 5.67. The van der Waals surface area contributed by atoms with Gasteiger partial charge in [-0.25, -0.2) is 0 Å². The van der Waals surface area contributed by atoms with Crippen LogP contribution in [0.3, 0.4) is 0 Å². The molecule has 1 N–H and O–H groups in total. The number of nitrogens with one attached hydrogen (secondary N) is 1. The molecule has 0 radical (unpaired) electrons. The van der Waals surface area contributed by atoms with Gasteiger partial charge in [0.1, 0.15) is 0 Å². The van der Waals surface area contributed by atoms with Crippen LogP contribution in [0.1, 0.15) is 34.5 Å². The van der Waals surface area contributed by atoms with Gasteiger partial charge in [0.25, 0.3) is 5.91 Å². The number of hydrogen-bond acceptors (Lipinski definition) is 2. The standard InChI is InChI=1S/C20H16Cl2N2O/c21-12-9-10-16(22)15(11-12)20(25)24-19-13-5-1-3-7-17(13)23-18-8-4-2-6-14(18)19/h1,3,5,7,9-11H,2,4,6,8H2,(H,23,24,25). The Balaban J connectivity index is 1.83. The van der Waals surface area contributed by atoms with E-state index in [9.17, 15) is 4.79 Å². The Morgan fingerprint density at radius 3 is 2.72 bits per heavy atom. The van der Waals surface area contributed by atoms with E-state index in [1.54, 1.807) is 18.2 Å². The van der Waals surface area contributed by atoms with E-state index < -0.39 is 0 Å². The Bertz CT molecular complexity index is 985. The molecular weight excluding hydrogens is 355 g/mol. The summed E-state index contributed by atoms with van der Waals surface area (Å²) < 4.78 is 0. The summed E-state index contributed by atoms with van der Waals surface area (Å²) in [4.78, 5) is 17.6. The number of carbonyl (C=O) groups excluding carboxylic acids is 1. The molecule has 1 amide bonds. The Hall–Kier alpha value is -2.10. The molecule has 0 fully saturated rings. The number of pyridine rings is 1. The van der Waals surface area contributed by atoms with Crippen LogP contribution < -0.4 is 5.32 Å². The van der Waals surface area contributed by atoms with Gasteiger partial charge in [0.2, 0.25) is 0 Å². The van der Waals surface area contributed by atoms with Crippen molar-refractivity contribution in [2.45, 2.75) is 25.7 Å². The highest BCUT2D eigenvalue weighted by Crippen LogP contribution is 2.34. The first-order valence-corrected chi connectivity index (χ1v) is 9.06. The fraction of sp³-hybridized carbons (Fsp3) is 0.200. The lowest BCUT2D eigenvalue weighted by Gasteiger charge is -2.21. The molecule has 0 saturated carbocycles. The van der Waals surface area contributed by atoms with Crippen LogP contribution in [-0.2, 0) is 12.8 Å². The molecule has 0 bridgehead atoms. The molecular formula is C20H16Cl2N2O. The molecule has 0 aliphatic heterocycles. The molecule has 126 valence electrons. The second-order valence-electron chi connectivity index (χ2n) is 6.21. The number of carbonyl (C=O) groups is 1. The maximum Gasteiger partial charge on any atom is 0.257 e. The van der Waals surface area contributed by atoms with Crippen molar-refractivity contribution in [3.63, 3.8) is 0 Å². The van der Waals surface area contributed by atoms with Crippen LogP contribution in [0.25, 0.3) is 10.9 Å². The van der Waals surface area contributed by atoms with Gasteiger partial charge in [0.05, 0.1) is 21.8 Å². The number of anilines is 1. The highest BCUT2D eigenvalue weighted by Gasteiger charge is 2.20. The molecule has 3 aromatic rings. The van der Waals surface area contributed by atoms with Gasteiger partial charge >= 0.3 is 0 Å². The monoisotopic (exact) mass is 370 g/mol. The van der Waals surface area contributed by atoms with E-state index in [0.717, 1.165) is 53.5 Å². The van der Waals surface area contributed by atoms with E-state index in [1.165, 1.54) is 0 Å². The summed E-state index contributed by atoms with van der Waals surface area (Å²) in [6, 6.07) is 12.8. The van der Waals surface area contributed by atoms with Crippen molar-refractivity contribution in [1.82, 2.24) is 4.98 Å². The molecule has 1 aliphatic rings. The van der Waals surface area contributed by atoms with Crippen molar-refractivity contribution in [2.75, 3.05) is 5.32 Å². The lowest BCUT2D eigenvalue weighted by molar-refractivity contribution is 0.102. The lowest BCUT2D eigenvalue weighted by Crippen LogP contribution is -2.17. The third kappa shape index (κ3) is 3.10. The average Bonchev–Trinajstić information content (AvgIpc) is 2.63. The third-order valence-electron chi connectivity index (χ3n) is 4.58. The van der Waals surface area contributed by atoms with E-state index in [0.29, 0.717) is 15.6 Å². The lowest BCUT2D eigenvalue weighted by atomic mass is 9.92. The first-order valence-electron chi connectivity index (χ1n) is 8.30. The molecule has 0 spiro atoms. The smallest absolute Gasteiger partial charge is 0.257 e. The van der Waals surface area contributed by atoms with E-state index >= 15 is 0 Å². The minimum Gasteiger partial charge on any atom is -0.321 e. The van der Waals surface area contributed by atoms with Gasteiger partial charge in [-0.3, -0.25) is 9.78 Å². The van der Waals surface area contributed by atoms with Crippen molar-refractivity contribution in [3.8, 4) is 0 Å². The number of para-hydroxylation sites is 1. The number of aromatic nitrogens is 1. The third-order valence-corrected chi connectivity index (χ3v) is 5.15. The largest absolute Gasteiger partial charge is 0.321 e. The maximum absolute atomic E-state index is 12.8. The zero-order valence-electron chi connectivity index (χ0n) is 13.5. The van der Waals surface area contributed by atoms with Gasteiger partial charge < -0.3 is 5.32 Å². The number of rotatable bonds is 2. The van der Waals surface area contributed by atoms with Gasteiger partial charge in [-0.2, -0.15) is 0 Å². The Labute approximate surface area is 156 Å². The SMILES string of the molecule is O=C(Nc1c2c(nc3ccccc13)CCCC2)c1cc(Cl)ccc1Cl. The highest BCUT2D eigenvalue weighted by atomic mass is 35.5. The number of halogens is 2. The minimum atomic E-state index is -0.253. The van der Waals surface area contributed by atoms with E-state index in [1.807, 2.05) is 24.3 Å². The predicted molar refractivity (Wildman–Crippen MR) is 103 cm³/mol. The summed E-state index contributed by atoms with van der Waals surface area (Å²) in [5.74, 6) is -0.253. The summed E-state index contributed by atoms with van der Waals surface area (Å²) in [7, 11) is 0. The molecule has 0 atom stereocenters. The molecule has 1 heterocycles. The Kier molecular flexibility index (Phi) is 4.36. The van der Waals surface area contributed by atoms with E-state index in [2.05, 4.69) is 5.32 Å². The normalized spacial score (nSPS) is 13.5. The summed E-state index contributed by atoms with van der Waals surface area (Å²) >= 11 is 12.2. The molecule has 25 heavy (non-hydrogen) atoms. The van der Waals surface area contributed by atoms with Crippen molar-refractivity contribution in [1.29, 1.82) is 0 Å². The van der Waals surface area contributed by atoms with Crippen LogP contribution in [-0.4, -0.2) is 10.9 Å². The number of hydrogen-bond donors (Lipinski definition) is 1. The van der Waals surface area contributed by atoms with Crippen LogP contribution in [0.2, 0.25) is 10.0 Å². The van der Waals surface area contributed by atoms with Crippen LogP contribution >= 0.6 is 23.2 Å². The van der Waals surface area contributed by atoms with Gasteiger partial charge in [-0.15, -0.1) is 0 Å². The van der Waals surface area contributed by atoms with Crippen molar-refractivity contribution >= 4 is 45.7 Å². The van der Waals surface area contributed by atoms with Crippen LogP contribution in [0.5, 0.6) is 0 Å². The number of amides is 1. The van der Waals surface area contributed by atoms with E-state index in [4.69, 9.17) is 28.2 Å². The van der Waals surface area contributed by atoms with Crippen LogP contribution in [0.4, 0.5) is 5.69 Å². The van der Waals surface area contributed by atoms with Crippen molar-refractivity contribution < 1.29 is 4.79 Å². The fourth-order valence-corrected chi connectivity index (χ4v) is 3.74. The first kappa shape index (κ1) is 16.4. The molecule has 3 nitrogen and oxygen atoms in total. The van der Waals surface area contributed by atoms with Crippen molar-refractivity contribution in [2.24, 2.45) is 0 Å². The second-order valence-corrected chi connectivity index (χ2v) is 7.06. The number of fused-ring (bicyclic) bond motifs is 2. The van der Waals surface area contributed by atoms with Gasteiger partial charge in [0, 0.05) is 16.1 Å². The number of benzene rings is 2. The molecule has 0 saturated heterocycles. The zero-order chi connectivity index (χ0) is 17.4. The molecule has 1 aromatic heterocycles. The summed E-state index contributed by atoms with van der Waals surface area (Å²) in [6.45, 7) is 0. The quantitative estimate of drug-likeness (QED) is 0.630. The summed E-state index contributed by atoms with van der Waals surface area (Å²) in [5.41, 5.74) is 4.34. The Morgan fingerprint density at radius 2 is 1.84 bits per heavy atom. The summed E-state index contributed by atoms with van der Waals surface area (Å²) in [5, 5.41) is 4.89. The molecule has 0 unspecified atom stereocenters. The Morgan fingerprint density at radius 1 is 1.04 bits per heavy atom. The minimum absolute atomic E-state index is 0.253. The molecule has 1 aliphatic carbocycles. The fourth-order valence-electron chi connectivity index (χ4n) is 3.37. The zero-order valence-corrected chi connectivity index (χ0v) is 15.0. The van der Waals surface area contributed by atoms with E-state index in [-0.39, 0.29) is 5.91 Å². The number of aryl methyl sites for hydroxylation is 1. The summed E-state index contributed by atoms with van der Waals surface area (Å²) in [6.07, 6.45) is 4.10. The molecule has 4 rings (SSSR count). The number of nitrogens with zero attached hydrogens (tertiary/aromatic N) is 1. The second kappa shape index (κ2) is 6.66. The molecule has 5 heteroatoms.